The first-order valence-corrected chi connectivity index (χ1v) is 9.53. The summed E-state index contributed by atoms with van der Waals surface area (Å²) in [5, 5.41) is 3.34. The Morgan fingerprint density at radius 1 is 1.10 bits per heavy atom. The number of hydrogen-bond donors (Lipinski definition) is 1. The molecule has 0 heterocycles. The molecule has 1 aromatic rings. The minimum atomic E-state index is -3.18. The van der Waals surface area contributed by atoms with E-state index in [1.54, 1.807) is 19.1 Å². The van der Waals surface area contributed by atoms with Crippen molar-refractivity contribution < 1.29 is 8.42 Å². The third kappa shape index (κ3) is 5.70. The van der Waals surface area contributed by atoms with Crippen LogP contribution in [0.25, 0.3) is 0 Å². The second kappa shape index (κ2) is 7.83. The summed E-state index contributed by atoms with van der Waals surface area (Å²) in [7, 11) is -3.18. The molecule has 0 bridgehead atoms. The molecule has 1 N–H and O–H groups in total. The largest absolute Gasteiger partial charge is 0.383 e. The van der Waals surface area contributed by atoms with Gasteiger partial charge in [-0.15, -0.1) is 0 Å². The van der Waals surface area contributed by atoms with E-state index in [4.69, 9.17) is 0 Å². The van der Waals surface area contributed by atoms with Gasteiger partial charge >= 0.3 is 0 Å². The number of unbranched alkanes of at least 4 members (excludes halogenated alkanes) is 2. The molecule has 0 spiro atoms. The molecule has 4 heteroatoms. The Bertz CT molecular complexity index is 535. The normalized spacial score (nSPS) is 12.4. The lowest BCUT2D eigenvalue weighted by Crippen LogP contribution is -2.24. The Morgan fingerprint density at radius 2 is 1.76 bits per heavy atom. The van der Waals surface area contributed by atoms with Crippen LogP contribution in [-0.4, -0.2) is 20.7 Å². The third-order valence-corrected chi connectivity index (χ3v) is 5.60. The van der Waals surface area contributed by atoms with Crippen molar-refractivity contribution in [2.75, 3.05) is 17.6 Å². The second-order valence-electron chi connectivity index (χ2n) is 6.37. The minimum absolute atomic E-state index is 0.131. The summed E-state index contributed by atoms with van der Waals surface area (Å²) in [5.41, 5.74) is 0.890. The number of rotatable bonds is 9. The number of nitrogens with one attached hydrogen (secondary N) is 1. The SMILES string of the molecule is CCCCCC(C)(C)CNc1ccccc1S(=O)(=O)CC. The van der Waals surface area contributed by atoms with Gasteiger partial charge in [-0.2, -0.15) is 0 Å². The summed E-state index contributed by atoms with van der Waals surface area (Å²) in [6.07, 6.45) is 4.85. The molecule has 0 aliphatic carbocycles. The molecule has 0 radical (unpaired) electrons. The molecule has 0 aliphatic heterocycles. The molecular formula is C17H29NO2S. The first-order valence-electron chi connectivity index (χ1n) is 7.88. The van der Waals surface area contributed by atoms with Crippen molar-refractivity contribution in [1.82, 2.24) is 0 Å². The molecular weight excluding hydrogens is 282 g/mol. The van der Waals surface area contributed by atoms with Gasteiger partial charge in [-0.1, -0.05) is 59.1 Å². The number of anilines is 1. The average molecular weight is 311 g/mol. The van der Waals surface area contributed by atoms with Crippen molar-refractivity contribution in [1.29, 1.82) is 0 Å². The lowest BCUT2D eigenvalue weighted by atomic mass is 9.87. The fraction of sp³-hybridized carbons (Fsp3) is 0.647. The van der Waals surface area contributed by atoms with Gasteiger partial charge < -0.3 is 5.32 Å². The van der Waals surface area contributed by atoms with Crippen LogP contribution in [0.4, 0.5) is 5.69 Å². The zero-order valence-corrected chi connectivity index (χ0v) is 14.6. The number of sulfone groups is 1. The summed E-state index contributed by atoms with van der Waals surface area (Å²) in [4.78, 5) is 0.414. The molecule has 120 valence electrons. The zero-order chi connectivity index (χ0) is 15.9. The van der Waals surface area contributed by atoms with Crippen molar-refractivity contribution in [2.24, 2.45) is 5.41 Å². The first kappa shape index (κ1) is 18.0. The van der Waals surface area contributed by atoms with Crippen LogP contribution < -0.4 is 5.32 Å². The van der Waals surface area contributed by atoms with Crippen LogP contribution in [0.2, 0.25) is 0 Å². The van der Waals surface area contributed by atoms with E-state index in [9.17, 15) is 8.42 Å². The van der Waals surface area contributed by atoms with E-state index < -0.39 is 9.84 Å². The Labute approximate surface area is 130 Å². The van der Waals surface area contributed by atoms with Crippen LogP contribution in [0.5, 0.6) is 0 Å². The molecule has 21 heavy (non-hydrogen) atoms. The molecule has 0 unspecified atom stereocenters. The van der Waals surface area contributed by atoms with Gasteiger partial charge in [0.1, 0.15) is 0 Å². The zero-order valence-electron chi connectivity index (χ0n) is 13.8. The lowest BCUT2D eigenvalue weighted by Gasteiger charge is -2.26. The Kier molecular flexibility index (Phi) is 6.72. The van der Waals surface area contributed by atoms with E-state index in [0.29, 0.717) is 4.90 Å². The second-order valence-corrected chi connectivity index (χ2v) is 8.62. The van der Waals surface area contributed by atoms with Crippen LogP contribution in [0.3, 0.4) is 0 Å². The maximum absolute atomic E-state index is 12.1. The van der Waals surface area contributed by atoms with Gasteiger partial charge in [0, 0.05) is 6.54 Å². The van der Waals surface area contributed by atoms with Crippen molar-refractivity contribution in [2.45, 2.75) is 58.3 Å². The molecule has 1 aromatic carbocycles. The van der Waals surface area contributed by atoms with Gasteiger partial charge in [-0.3, -0.25) is 0 Å². The van der Waals surface area contributed by atoms with Crippen LogP contribution in [0.15, 0.2) is 29.2 Å². The van der Waals surface area contributed by atoms with Gasteiger partial charge in [-0.25, -0.2) is 8.42 Å². The predicted octanol–water partition coefficient (Wildman–Crippen LogP) is 4.50. The Morgan fingerprint density at radius 3 is 2.38 bits per heavy atom. The highest BCUT2D eigenvalue weighted by atomic mass is 32.2. The Balaban J connectivity index is 2.76. The fourth-order valence-corrected chi connectivity index (χ4v) is 3.39. The highest BCUT2D eigenvalue weighted by Gasteiger charge is 2.20. The molecule has 1 rings (SSSR count). The molecule has 0 aromatic heterocycles. The fourth-order valence-electron chi connectivity index (χ4n) is 2.32. The Hall–Kier alpha value is -1.03. The summed E-state index contributed by atoms with van der Waals surface area (Å²) < 4.78 is 24.2. The molecule has 0 amide bonds. The number of para-hydroxylation sites is 1. The van der Waals surface area contributed by atoms with Gasteiger partial charge in [0.25, 0.3) is 0 Å². The lowest BCUT2D eigenvalue weighted by molar-refractivity contribution is 0.342. The molecule has 0 saturated heterocycles. The van der Waals surface area contributed by atoms with E-state index in [1.807, 2.05) is 12.1 Å². The quantitative estimate of drug-likeness (QED) is 0.683. The highest BCUT2D eigenvalue weighted by Crippen LogP contribution is 2.27. The average Bonchev–Trinajstić information content (AvgIpc) is 2.46. The molecule has 3 nitrogen and oxygen atoms in total. The summed E-state index contributed by atoms with van der Waals surface area (Å²) in [6.45, 7) is 9.13. The van der Waals surface area contributed by atoms with E-state index in [0.717, 1.165) is 18.7 Å². The topological polar surface area (TPSA) is 46.2 Å². The van der Waals surface area contributed by atoms with Crippen molar-refractivity contribution >= 4 is 15.5 Å². The van der Waals surface area contributed by atoms with E-state index in [1.165, 1.54) is 19.3 Å². The summed E-state index contributed by atoms with van der Waals surface area (Å²) in [5.74, 6) is 0.131. The number of hydrogen-bond acceptors (Lipinski definition) is 3. The standard InChI is InChI=1S/C17H29NO2S/c1-5-7-10-13-17(3,4)14-18-15-11-8-9-12-16(15)21(19,20)6-2/h8-9,11-12,18H,5-7,10,13-14H2,1-4H3. The van der Waals surface area contributed by atoms with Crippen LogP contribution in [0.1, 0.15) is 53.4 Å². The monoisotopic (exact) mass is 311 g/mol. The maximum Gasteiger partial charge on any atom is 0.180 e. The van der Waals surface area contributed by atoms with E-state index in [2.05, 4.69) is 26.1 Å². The van der Waals surface area contributed by atoms with Crippen LogP contribution >= 0.6 is 0 Å². The predicted molar refractivity (Wildman–Crippen MR) is 90.6 cm³/mol. The molecule has 0 fully saturated rings. The van der Waals surface area contributed by atoms with Gasteiger partial charge in [0.15, 0.2) is 9.84 Å². The van der Waals surface area contributed by atoms with Gasteiger partial charge in [-0.05, 0) is 24.0 Å². The molecule has 0 aliphatic rings. The van der Waals surface area contributed by atoms with Gasteiger partial charge in [0.2, 0.25) is 0 Å². The van der Waals surface area contributed by atoms with E-state index in [-0.39, 0.29) is 11.2 Å². The van der Waals surface area contributed by atoms with Crippen molar-refractivity contribution in [3.8, 4) is 0 Å². The molecule has 0 atom stereocenters. The first-order chi connectivity index (χ1) is 9.82. The van der Waals surface area contributed by atoms with E-state index >= 15 is 0 Å². The summed E-state index contributed by atoms with van der Waals surface area (Å²) in [6, 6.07) is 7.19. The van der Waals surface area contributed by atoms with Crippen molar-refractivity contribution in [3.05, 3.63) is 24.3 Å². The van der Waals surface area contributed by atoms with Crippen LogP contribution in [-0.2, 0) is 9.84 Å². The molecule has 0 saturated carbocycles. The summed E-state index contributed by atoms with van der Waals surface area (Å²) >= 11 is 0. The minimum Gasteiger partial charge on any atom is -0.383 e. The van der Waals surface area contributed by atoms with Crippen molar-refractivity contribution in [3.63, 3.8) is 0 Å². The van der Waals surface area contributed by atoms with Crippen LogP contribution in [0, 0.1) is 5.41 Å². The third-order valence-electron chi connectivity index (χ3n) is 3.82. The highest BCUT2D eigenvalue weighted by molar-refractivity contribution is 7.91. The van der Waals surface area contributed by atoms with Gasteiger partial charge in [0.05, 0.1) is 16.3 Å². The smallest absolute Gasteiger partial charge is 0.180 e. The number of benzene rings is 1. The maximum atomic E-state index is 12.1.